The van der Waals surface area contributed by atoms with Crippen molar-refractivity contribution >= 4 is 5.78 Å². The van der Waals surface area contributed by atoms with Gasteiger partial charge in [0.05, 0.1) is 18.7 Å². The van der Waals surface area contributed by atoms with Crippen LogP contribution in [0.2, 0.25) is 0 Å². The maximum Gasteiger partial charge on any atom is 0.180 e. The van der Waals surface area contributed by atoms with Gasteiger partial charge in [-0.2, -0.15) is 0 Å². The van der Waals surface area contributed by atoms with Crippen molar-refractivity contribution in [3.05, 3.63) is 29.8 Å². The van der Waals surface area contributed by atoms with E-state index in [1.165, 1.54) is 19.3 Å². The van der Waals surface area contributed by atoms with Crippen LogP contribution in [-0.2, 0) is 0 Å². The van der Waals surface area contributed by atoms with E-state index in [-0.39, 0.29) is 5.78 Å². The summed E-state index contributed by atoms with van der Waals surface area (Å²) in [6.45, 7) is 5.29. The monoisotopic (exact) mass is 273 g/mol. The predicted octanol–water partition coefficient (Wildman–Crippen LogP) is 3.00. The highest BCUT2D eigenvalue weighted by molar-refractivity contribution is 6.00. The zero-order valence-electron chi connectivity index (χ0n) is 12.2. The normalized spacial score (nSPS) is 25.6. The average molecular weight is 273 g/mol. The largest absolute Gasteiger partial charge is 0.493 e. The molecule has 0 spiro atoms. The minimum atomic E-state index is 0.189. The van der Waals surface area contributed by atoms with Crippen LogP contribution >= 0.6 is 0 Å². The lowest BCUT2D eigenvalue weighted by Gasteiger charge is -2.17. The number of para-hydroxylation sites is 1. The van der Waals surface area contributed by atoms with Crippen molar-refractivity contribution in [2.75, 3.05) is 26.2 Å². The Kier molecular flexibility index (Phi) is 4.06. The Bertz CT molecular complexity index is 474. The number of hydrogen-bond acceptors (Lipinski definition) is 3. The van der Waals surface area contributed by atoms with Gasteiger partial charge in [-0.15, -0.1) is 0 Å². The molecular formula is C17H23NO2. The number of Topliss-reactive ketones (excluding diaryl/α,β-unsaturated/α-hetero) is 1. The molecule has 0 N–H and O–H groups in total. The van der Waals surface area contributed by atoms with E-state index in [1.807, 2.05) is 31.2 Å². The molecule has 20 heavy (non-hydrogen) atoms. The molecule has 3 nitrogen and oxygen atoms in total. The van der Waals surface area contributed by atoms with Gasteiger partial charge >= 0.3 is 0 Å². The highest BCUT2D eigenvalue weighted by Crippen LogP contribution is 2.37. The van der Waals surface area contributed by atoms with Crippen LogP contribution in [0.3, 0.4) is 0 Å². The smallest absolute Gasteiger partial charge is 0.180 e. The first-order valence-corrected chi connectivity index (χ1v) is 7.75. The van der Waals surface area contributed by atoms with Crippen molar-refractivity contribution in [3.63, 3.8) is 0 Å². The van der Waals surface area contributed by atoms with Crippen molar-refractivity contribution in [2.45, 2.75) is 26.2 Å². The highest BCUT2D eigenvalue weighted by atomic mass is 16.5. The molecule has 1 aromatic rings. The summed E-state index contributed by atoms with van der Waals surface area (Å²) in [6, 6.07) is 7.59. The first kappa shape index (κ1) is 13.6. The molecule has 3 heteroatoms. The van der Waals surface area contributed by atoms with E-state index < -0.39 is 0 Å². The van der Waals surface area contributed by atoms with Crippen LogP contribution in [0, 0.1) is 11.8 Å². The molecule has 1 aromatic carbocycles. The SMILES string of the molecule is CCOc1ccccc1C(=O)CN1CC2CCCC2C1. The zero-order valence-corrected chi connectivity index (χ0v) is 12.2. The van der Waals surface area contributed by atoms with Gasteiger partial charge in [-0.1, -0.05) is 18.6 Å². The molecule has 1 heterocycles. The number of fused-ring (bicyclic) bond motifs is 1. The summed E-state index contributed by atoms with van der Waals surface area (Å²) < 4.78 is 5.56. The summed E-state index contributed by atoms with van der Waals surface area (Å²) in [4.78, 5) is 14.8. The quantitative estimate of drug-likeness (QED) is 0.772. The molecule has 2 fully saturated rings. The van der Waals surface area contributed by atoms with Crippen LogP contribution in [0.5, 0.6) is 5.75 Å². The number of likely N-dealkylation sites (tertiary alicyclic amines) is 1. The van der Waals surface area contributed by atoms with Crippen LogP contribution in [0.1, 0.15) is 36.5 Å². The summed E-state index contributed by atoms with van der Waals surface area (Å²) in [5, 5.41) is 0. The minimum Gasteiger partial charge on any atom is -0.493 e. The molecule has 0 bridgehead atoms. The fourth-order valence-corrected chi connectivity index (χ4v) is 3.73. The fraction of sp³-hybridized carbons (Fsp3) is 0.588. The lowest BCUT2D eigenvalue weighted by Crippen LogP contribution is -2.28. The van der Waals surface area contributed by atoms with Gasteiger partial charge in [-0.25, -0.2) is 0 Å². The second-order valence-electron chi connectivity index (χ2n) is 6.00. The molecule has 0 radical (unpaired) electrons. The first-order chi connectivity index (χ1) is 9.78. The molecule has 2 aliphatic rings. The number of carbonyl (C=O) groups is 1. The number of hydrogen-bond donors (Lipinski definition) is 0. The molecule has 1 saturated carbocycles. The van der Waals surface area contributed by atoms with E-state index in [0.717, 1.165) is 36.2 Å². The zero-order chi connectivity index (χ0) is 13.9. The molecule has 0 amide bonds. The van der Waals surface area contributed by atoms with Crippen LogP contribution in [0.25, 0.3) is 0 Å². The maximum atomic E-state index is 12.5. The Morgan fingerprint density at radius 2 is 1.95 bits per heavy atom. The molecule has 1 saturated heterocycles. The van der Waals surface area contributed by atoms with Gasteiger partial charge < -0.3 is 4.74 Å². The van der Waals surface area contributed by atoms with Crippen LogP contribution < -0.4 is 4.74 Å². The Morgan fingerprint density at radius 3 is 2.65 bits per heavy atom. The van der Waals surface area contributed by atoms with Crippen LogP contribution in [0.15, 0.2) is 24.3 Å². The third-order valence-electron chi connectivity index (χ3n) is 4.66. The van der Waals surface area contributed by atoms with Crippen LogP contribution in [0.4, 0.5) is 0 Å². The molecule has 1 aliphatic heterocycles. The molecule has 108 valence electrons. The molecule has 3 rings (SSSR count). The van der Waals surface area contributed by atoms with Gasteiger partial charge in [-0.3, -0.25) is 9.69 Å². The summed E-state index contributed by atoms with van der Waals surface area (Å²) in [5.41, 5.74) is 0.728. The Balaban J connectivity index is 1.65. The molecule has 2 atom stereocenters. The van der Waals surface area contributed by atoms with Crippen molar-refractivity contribution < 1.29 is 9.53 Å². The summed E-state index contributed by atoms with van der Waals surface area (Å²) in [6.07, 6.45) is 4.08. The summed E-state index contributed by atoms with van der Waals surface area (Å²) in [5.74, 6) is 2.59. The lowest BCUT2D eigenvalue weighted by atomic mass is 10.0. The number of nitrogens with zero attached hydrogens (tertiary/aromatic N) is 1. The molecule has 0 aromatic heterocycles. The lowest BCUT2D eigenvalue weighted by molar-refractivity contribution is 0.0937. The predicted molar refractivity (Wildman–Crippen MR) is 79.2 cm³/mol. The Hall–Kier alpha value is -1.35. The second-order valence-corrected chi connectivity index (χ2v) is 6.00. The number of ether oxygens (including phenoxy) is 1. The number of ketones is 1. The standard InChI is InChI=1S/C17H23NO2/c1-2-20-17-9-4-3-8-15(17)16(19)12-18-10-13-6-5-7-14(13)11-18/h3-4,8-9,13-14H,2,5-7,10-12H2,1H3. The van der Waals surface area contributed by atoms with E-state index in [0.29, 0.717) is 13.2 Å². The van der Waals surface area contributed by atoms with Crippen molar-refractivity contribution in [3.8, 4) is 5.75 Å². The van der Waals surface area contributed by atoms with Gasteiger partial charge in [0.2, 0.25) is 0 Å². The number of carbonyl (C=O) groups excluding carboxylic acids is 1. The third-order valence-corrected chi connectivity index (χ3v) is 4.66. The van der Waals surface area contributed by atoms with E-state index in [2.05, 4.69) is 4.90 Å². The number of benzene rings is 1. The van der Waals surface area contributed by atoms with E-state index in [4.69, 9.17) is 4.74 Å². The molecular weight excluding hydrogens is 250 g/mol. The van der Waals surface area contributed by atoms with Gasteiger partial charge in [0, 0.05) is 13.1 Å². The second kappa shape index (κ2) is 5.96. The fourth-order valence-electron chi connectivity index (χ4n) is 3.73. The van der Waals surface area contributed by atoms with Gasteiger partial charge in [0.25, 0.3) is 0 Å². The van der Waals surface area contributed by atoms with E-state index in [1.54, 1.807) is 0 Å². The van der Waals surface area contributed by atoms with Crippen molar-refractivity contribution in [1.29, 1.82) is 0 Å². The Morgan fingerprint density at radius 1 is 1.25 bits per heavy atom. The van der Waals surface area contributed by atoms with E-state index >= 15 is 0 Å². The van der Waals surface area contributed by atoms with Crippen molar-refractivity contribution in [2.24, 2.45) is 11.8 Å². The maximum absolute atomic E-state index is 12.5. The highest BCUT2D eigenvalue weighted by Gasteiger charge is 2.36. The molecule has 1 aliphatic carbocycles. The summed E-state index contributed by atoms with van der Waals surface area (Å²) >= 11 is 0. The molecule has 2 unspecified atom stereocenters. The average Bonchev–Trinajstić information content (AvgIpc) is 3.00. The van der Waals surface area contributed by atoms with Crippen molar-refractivity contribution in [1.82, 2.24) is 4.90 Å². The first-order valence-electron chi connectivity index (χ1n) is 7.75. The van der Waals surface area contributed by atoms with Gasteiger partial charge in [0.15, 0.2) is 5.78 Å². The van der Waals surface area contributed by atoms with Gasteiger partial charge in [0.1, 0.15) is 5.75 Å². The van der Waals surface area contributed by atoms with E-state index in [9.17, 15) is 4.79 Å². The topological polar surface area (TPSA) is 29.5 Å². The Labute approximate surface area is 120 Å². The minimum absolute atomic E-state index is 0.189. The van der Waals surface area contributed by atoms with Crippen LogP contribution in [-0.4, -0.2) is 36.9 Å². The number of rotatable bonds is 5. The third kappa shape index (κ3) is 2.73. The summed E-state index contributed by atoms with van der Waals surface area (Å²) in [7, 11) is 0. The van der Waals surface area contributed by atoms with Gasteiger partial charge in [-0.05, 0) is 43.7 Å².